The van der Waals surface area contributed by atoms with Gasteiger partial charge in [0.15, 0.2) is 0 Å². The number of likely N-dealkylation sites (tertiary alicyclic amines) is 1. The Labute approximate surface area is 182 Å². The van der Waals surface area contributed by atoms with Crippen LogP contribution in [0.4, 0.5) is 16.3 Å². The highest BCUT2D eigenvalue weighted by molar-refractivity contribution is 5.89. The van der Waals surface area contributed by atoms with E-state index >= 15 is 0 Å². The molecule has 0 atom stereocenters. The summed E-state index contributed by atoms with van der Waals surface area (Å²) in [4.78, 5) is 30.1. The summed E-state index contributed by atoms with van der Waals surface area (Å²) in [5.41, 5.74) is 1.57. The van der Waals surface area contributed by atoms with E-state index in [1.807, 2.05) is 41.3 Å². The summed E-state index contributed by atoms with van der Waals surface area (Å²) in [5, 5.41) is 6.34. The molecular weight excluding hydrogens is 396 g/mol. The lowest BCUT2D eigenvalue weighted by Crippen LogP contribution is -2.44. The Kier molecular flexibility index (Phi) is 7.86. The van der Waals surface area contributed by atoms with Gasteiger partial charge in [-0.15, -0.1) is 0 Å². The molecule has 1 aromatic carbocycles. The molecule has 2 heterocycles. The molecule has 0 unspecified atom stereocenters. The Morgan fingerprint density at radius 3 is 2.52 bits per heavy atom. The van der Waals surface area contributed by atoms with Crippen LogP contribution in [0.3, 0.4) is 0 Å². The van der Waals surface area contributed by atoms with Crippen molar-refractivity contribution < 1.29 is 19.1 Å². The number of carbonyl (C=O) groups excluding carboxylic acids is 2. The number of aromatic nitrogens is 1. The predicted molar refractivity (Wildman–Crippen MR) is 120 cm³/mol. The van der Waals surface area contributed by atoms with Gasteiger partial charge in [-0.3, -0.25) is 0 Å². The monoisotopic (exact) mass is 424 g/mol. The van der Waals surface area contributed by atoms with Crippen LogP contribution in [-0.4, -0.2) is 54.7 Å². The van der Waals surface area contributed by atoms with E-state index in [4.69, 9.17) is 9.47 Å². The first-order valence-electron chi connectivity index (χ1n) is 10.3. The first-order valence-corrected chi connectivity index (χ1v) is 10.3. The Bertz CT molecular complexity index is 889. The topological polar surface area (TPSA) is 92.8 Å². The van der Waals surface area contributed by atoms with Gasteiger partial charge in [0.25, 0.3) is 0 Å². The molecular formula is C23H28N4O4. The molecule has 0 bridgehead atoms. The number of rotatable bonds is 7. The second kappa shape index (κ2) is 11.0. The SMILES string of the molecule is CCOC(=O)C=Cc1ccc(NC2CCN(C(=O)Nc3ccc(OC)cc3)CC2)nc1. The number of hydrogen-bond donors (Lipinski definition) is 2. The minimum atomic E-state index is -0.368. The number of methoxy groups -OCH3 is 1. The van der Waals surface area contributed by atoms with Crippen LogP contribution in [0.1, 0.15) is 25.3 Å². The average molecular weight is 425 g/mol. The maximum atomic E-state index is 12.5. The van der Waals surface area contributed by atoms with Gasteiger partial charge in [0.1, 0.15) is 11.6 Å². The van der Waals surface area contributed by atoms with Crippen molar-refractivity contribution in [1.82, 2.24) is 9.88 Å². The van der Waals surface area contributed by atoms with Crippen molar-refractivity contribution in [2.45, 2.75) is 25.8 Å². The zero-order valence-corrected chi connectivity index (χ0v) is 17.8. The van der Waals surface area contributed by atoms with Crippen LogP contribution in [0, 0.1) is 0 Å². The zero-order chi connectivity index (χ0) is 22.1. The van der Waals surface area contributed by atoms with E-state index in [9.17, 15) is 9.59 Å². The summed E-state index contributed by atoms with van der Waals surface area (Å²) in [5.74, 6) is 1.16. The second-order valence-corrected chi connectivity index (χ2v) is 7.13. The number of hydrogen-bond acceptors (Lipinski definition) is 6. The Hall–Kier alpha value is -3.55. The van der Waals surface area contributed by atoms with E-state index in [1.165, 1.54) is 6.08 Å². The van der Waals surface area contributed by atoms with Crippen LogP contribution in [0.15, 0.2) is 48.7 Å². The predicted octanol–water partition coefficient (Wildman–Crippen LogP) is 3.77. The fraction of sp³-hybridized carbons (Fsp3) is 0.348. The molecule has 1 fully saturated rings. The van der Waals surface area contributed by atoms with E-state index in [0.717, 1.165) is 35.7 Å². The smallest absolute Gasteiger partial charge is 0.330 e. The van der Waals surface area contributed by atoms with E-state index in [1.54, 1.807) is 26.3 Å². The van der Waals surface area contributed by atoms with Gasteiger partial charge in [0.2, 0.25) is 0 Å². The molecule has 164 valence electrons. The van der Waals surface area contributed by atoms with E-state index in [0.29, 0.717) is 19.7 Å². The number of carbonyl (C=O) groups is 2. The summed E-state index contributed by atoms with van der Waals surface area (Å²) < 4.78 is 9.99. The number of nitrogens with one attached hydrogen (secondary N) is 2. The molecule has 31 heavy (non-hydrogen) atoms. The molecule has 1 aromatic heterocycles. The van der Waals surface area contributed by atoms with Gasteiger partial charge in [0.05, 0.1) is 13.7 Å². The maximum Gasteiger partial charge on any atom is 0.330 e. The highest BCUT2D eigenvalue weighted by Crippen LogP contribution is 2.19. The van der Waals surface area contributed by atoms with Crippen molar-refractivity contribution in [1.29, 1.82) is 0 Å². The molecule has 3 rings (SSSR count). The molecule has 8 heteroatoms. The van der Waals surface area contributed by atoms with Gasteiger partial charge in [-0.2, -0.15) is 0 Å². The van der Waals surface area contributed by atoms with Crippen molar-refractivity contribution in [3.63, 3.8) is 0 Å². The van der Waals surface area contributed by atoms with Crippen LogP contribution < -0.4 is 15.4 Å². The second-order valence-electron chi connectivity index (χ2n) is 7.13. The Morgan fingerprint density at radius 1 is 1.16 bits per heavy atom. The number of piperidine rings is 1. The van der Waals surface area contributed by atoms with Crippen molar-refractivity contribution in [3.8, 4) is 5.75 Å². The van der Waals surface area contributed by atoms with Crippen LogP contribution in [0.2, 0.25) is 0 Å². The van der Waals surface area contributed by atoms with Gasteiger partial charge in [0, 0.05) is 37.1 Å². The van der Waals surface area contributed by atoms with E-state index in [-0.39, 0.29) is 18.0 Å². The number of urea groups is 1. The number of ether oxygens (including phenoxy) is 2. The first kappa shape index (κ1) is 22.1. The first-order chi connectivity index (χ1) is 15.1. The molecule has 1 saturated heterocycles. The van der Waals surface area contributed by atoms with Crippen molar-refractivity contribution in [2.75, 3.05) is 37.4 Å². The van der Waals surface area contributed by atoms with E-state index < -0.39 is 0 Å². The number of anilines is 2. The van der Waals surface area contributed by atoms with Crippen LogP contribution >= 0.6 is 0 Å². The molecule has 0 saturated carbocycles. The standard InChI is InChI=1S/C23H28N4O4/c1-3-31-22(28)11-5-17-4-10-21(24-16-17)25-19-12-14-27(15-13-19)23(29)26-18-6-8-20(30-2)9-7-18/h4-11,16,19H,3,12-15H2,1-2H3,(H,24,25)(H,26,29). The number of pyridine rings is 1. The normalized spacial score (nSPS) is 14.3. The van der Waals surface area contributed by atoms with Crippen LogP contribution in [0.5, 0.6) is 5.75 Å². The molecule has 8 nitrogen and oxygen atoms in total. The highest BCUT2D eigenvalue weighted by atomic mass is 16.5. The summed E-state index contributed by atoms with van der Waals surface area (Å²) in [7, 11) is 1.61. The van der Waals surface area contributed by atoms with E-state index in [2.05, 4.69) is 15.6 Å². The molecule has 2 aromatic rings. The molecule has 1 aliphatic rings. The lowest BCUT2D eigenvalue weighted by Gasteiger charge is -2.32. The molecule has 2 amide bonds. The Balaban J connectivity index is 1.44. The zero-order valence-electron chi connectivity index (χ0n) is 17.8. The molecule has 0 spiro atoms. The maximum absolute atomic E-state index is 12.5. The van der Waals surface area contributed by atoms with Crippen LogP contribution in [-0.2, 0) is 9.53 Å². The third kappa shape index (κ3) is 6.74. The van der Waals surface area contributed by atoms with Gasteiger partial charge < -0.3 is 25.0 Å². The van der Waals surface area contributed by atoms with Gasteiger partial charge in [-0.25, -0.2) is 14.6 Å². The Morgan fingerprint density at radius 2 is 1.90 bits per heavy atom. The fourth-order valence-electron chi connectivity index (χ4n) is 3.26. The third-order valence-corrected chi connectivity index (χ3v) is 4.96. The molecule has 0 aliphatic carbocycles. The molecule has 0 radical (unpaired) electrons. The average Bonchev–Trinajstić information content (AvgIpc) is 2.80. The third-order valence-electron chi connectivity index (χ3n) is 4.96. The summed E-state index contributed by atoms with van der Waals surface area (Å²) in [6.07, 6.45) is 6.44. The van der Waals surface area contributed by atoms with Gasteiger partial charge in [-0.1, -0.05) is 0 Å². The number of nitrogens with zero attached hydrogens (tertiary/aromatic N) is 2. The van der Waals surface area contributed by atoms with Crippen molar-refractivity contribution >= 4 is 29.6 Å². The van der Waals surface area contributed by atoms with Gasteiger partial charge >= 0.3 is 12.0 Å². The quantitative estimate of drug-likeness (QED) is 0.519. The molecule has 2 N–H and O–H groups in total. The molecule has 1 aliphatic heterocycles. The number of amides is 2. The highest BCUT2D eigenvalue weighted by Gasteiger charge is 2.23. The lowest BCUT2D eigenvalue weighted by atomic mass is 10.1. The summed E-state index contributed by atoms with van der Waals surface area (Å²) in [6, 6.07) is 11.2. The minimum absolute atomic E-state index is 0.0977. The lowest BCUT2D eigenvalue weighted by molar-refractivity contribution is -0.137. The van der Waals surface area contributed by atoms with Crippen molar-refractivity contribution in [3.05, 3.63) is 54.2 Å². The minimum Gasteiger partial charge on any atom is -0.497 e. The van der Waals surface area contributed by atoms with Crippen molar-refractivity contribution in [2.24, 2.45) is 0 Å². The fourth-order valence-corrected chi connectivity index (χ4v) is 3.26. The largest absolute Gasteiger partial charge is 0.497 e. The number of benzene rings is 1. The van der Waals surface area contributed by atoms with Gasteiger partial charge in [-0.05, 0) is 67.8 Å². The summed E-state index contributed by atoms with van der Waals surface area (Å²) >= 11 is 0. The summed E-state index contributed by atoms with van der Waals surface area (Å²) in [6.45, 7) is 3.46. The van der Waals surface area contributed by atoms with Crippen LogP contribution in [0.25, 0.3) is 6.08 Å². The number of esters is 1.